The Morgan fingerprint density at radius 2 is 1.62 bits per heavy atom. The van der Waals surface area contributed by atoms with Gasteiger partial charge in [-0.25, -0.2) is 4.57 Å². The van der Waals surface area contributed by atoms with E-state index in [1.165, 1.54) is 39.3 Å². The highest BCUT2D eigenvalue weighted by Gasteiger charge is 2.36. The van der Waals surface area contributed by atoms with E-state index in [1.807, 2.05) is 0 Å². The molecule has 4 rings (SSSR count). The number of hydrogen-bond donors (Lipinski definition) is 0. The molecular formula is C22H25N2+. The Hall–Kier alpha value is -2.35. The summed E-state index contributed by atoms with van der Waals surface area (Å²) in [4.78, 5) is 0. The summed E-state index contributed by atoms with van der Waals surface area (Å²) in [5, 5.41) is 0. The molecule has 122 valence electrons. The third-order valence-electron chi connectivity index (χ3n) is 5.58. The van der Waals surface area contributed by atoms with Gasteiger partial charge in [0.15, 0.2) is 0 Å². The number of hydrogen-bond acceptors (Lipinski definition) is 0. The molecule has 2 unspecified atom stereocenters. The zero-order valence-corrected chi connectivity index (χ0v) is 15.2. The second-order valence-electron chi connectivity index (χ2n) is 7.26. The molecule has 1 aliphatic rings. The second kappa shape index (κ2) is 5.34. The highest BCUT2D eigenvalue weighted by molar-refractivity contribution is 5.64. The van der Waals surface area contributed by atoms with Gasteiger partial charge < -0.3 is 0 Å². The molecule has 2 heteroatoms. The fraction of sp³-hybridized carbons (Fsp3) is 0.318. The first-order valence-electron chi connectivity index (χ1n) is 8.79. The molecule has 24 heavy (non-hydrogen) atoms. The van der Waals surface area contributed by atoms with Crippen molar-refractivity contribution in [2.75, 3.05) is 0 Å². The summed E-state index contributed by atoms with van der Waals surface area (Å²) in [6.07, 6.45) is 4.47. The molecule has 2 heterocycles. The number of rotatable bonds is 1. The molecule has 0 radical (unpaired) electrons. The van der Waals surface area contributed by atoms with Gasteiger partial charge in [0.05, 0.1) is 5.56 Å². The van der Waals surface area contributed by atoms with E-state index in [2.05, 4.69) is 92.5 Å². The number of aryl methyl sites for hydroxylation is 3. The normalized spacial score (nSPS) is 19.0. The molecule has 1 aliphatic heterocycles. The van der Waals surface area contributed by atoms with E-state index in [0.717, 1.165) is 0 Å². The molecule has 0 aliphatic carbocycles. The van der Waals surface area contributed by atoms with Crippen LogP contribution in [0.5, 0.6) is 0 Å². The zero-order chi connectivity index (χ0) is 17.0. The fourth-order valence-corrected chi connectivity index (χ4v) is 4.33. The lowest BCUT2D eigenvalue weighted by Gasteiger charge is -2.26. The maximum absolute atomic E-state index is 2.44. The van der Waals surface area contributed by atoms with E-state index >= 15 is 0 Å². The Morgan fingerprint density at radius 3 is 2.33 bits per heavy atom. The standard InChI is InChI=1S/C22H25N2/c1-14-12-15(2)21(16(3)13-14)24-11-10-23-18(5)17(4)19-8-6-7-9-20(19)22(23)24/h6-13,17-18H,1-5H3/q+1. The highest BCUT2D eigenvalue weighted by atomic mass is 15.2. The summed E-state index contributed by atoms with van der Waals surface area (Å²) in [5.74, 6) is 1.82. The van der Waals surface area contributed by atoms with Crippen molar-refractivity contribution in [1.82, 2.24) is 4.57 Å². The van der Waals surface area contributed by atoms with Crippen molar-refractivity contribution < 1.29 is 4.57 Å². The first kappa shape index (κ1) is 15.2. The SMILES string of the molecule is Cc1cc(C)c(-n2cc[n+]3c2-c2ccccc2C(C)C3C)c(C)c1. The largest absolute Gasteiger partial charge is 0.294 e. The van der Waals surface area contributed by atoms with Crippen LogP contribution in [0.3, 0.4) is 0 Å². The van der Waals surface area contributed by atoms with Crippen LogP contribution < -0.4 is 4.57 Å². The Kier molecular flexibility index (Phi) is 3.38. The first-order valence-corrected chi connectivity index (χ1v) is 8.79. The molecule has 0 fully saturated rings. The smallest absolute Gasteiger partial charge is 0.227 e. The lowest BCUT2D eigenvalue weighted by atomic mass is 9.86. The molecule has 0 saturated carbocycles. The van der Waals surface area contributed by atoms with E-state index in [0.29, 0.717) is 12.0 Å². The minimum atomic E-state index is 0.460. The summed E-state index contributed by atoms with van der Waals surface area (Å²) in [5.41, 5.74) is 8.10. The van der Waals surface area contributed by atoms with Crippen LogP contribution in [-0.2, 0) is 0 Å². The summed E-state index contributed by atoms with van der Waals surface area (Å²) >= 11 is 0. The lowest BCUT2D eigenvalue weighted by Crippen LogP contribution is -2.44. The maximum Gasteiger partial charge on any atom is 0.294 e. The quantitative estimate of drug-likeness (QED) is 0.556. The molecule has 2 atom stereocenters. The van der Waals surface area contributed by atoms with Crippen LogP contribution in [0.15, 0.2) is 48.8 Å². The lowest BCUT2D eigenvalue weighted by molar-refractivity contribution is -0.713. The Labute approximate surface area is 144 Å². The van der Waals surface area contributed by atoms with Crippen molar-refractivity contribution in [3.63, 3.8) is 0 Å². The van der Waals surface area contributed by atoms with Gasteiger partial charge in [-0.2, -0.15) is 4.57 Å². The molecule has 0 amide bonds. The van der Waals surface area contributed by atoms with Crippen molar-refractivity contribution in [3.8, 4) is 17.1 Å². The molecule has 1 aromatic heterocycles. The highest BCUT2D eigenvalue weighted by Crippen LogP contribution is 2.39. The van der Waals surface area contributed by atoms with Gasteiger partial charge in [0, 0.05) is 5.92 Å². The molecule has 0 spiro atoms. The zero-order valence-electron chi connectivity index (χ0n) is 15.2. The summed E-state index contributed by atoms with van der Waals surface area (Å²) in [6, 6.07) is 13.9. The number of nitrogens with zero attached hydrogens (tertiary/aromatic N) is 2. The summed E-state index contributed by atoms with van der Waals surface area (Å²) in [6.45, 7) is 11.3. The second-order valence-corrected chi connectivity index (χ2v) is 7.26. The van der Waals surface area contributed by atoms with Gasteiger partial charge in [-0.1, -0.05) is 42.8 Å². The average Bonchev–Trinajstić information content (AvgIpc) is 2.96. The Morgan fingerprint density at radius 1 is 0.958 bits per heavy atom. The van der Waals surface area contributed by atoms with Crippen LogP contribution in [0.4, 0.5) is 0 Å². The van der Waals surface area contributed by atoms with E-state index in [-0.39, 0.29) is 0 Å². The third kappa shape index (κ3) is 2.06. The van der Waals surface area contributed by atoms with Crippen molar-refractivity contribution in [2.45, 2.75) is 46.6 Å². The molecule has 3 aromatic rings. The predicted octanol–water partition coefficient (Wildman–Crippen LogP) is 5.04. The van der Waals surface area contributed by atoms with Gasteiger partial charge >= 0.3 is 0 Å². The Balaban J connectivity index is 2.03. The van der Waals surface area contributed by atoms with Crippen LogP contribution in [0.1, 0.15) is 48.1 Å². The van der Waals surface area contributed by atoms with Gasteiger partial charge in [0.1, 0.15) is 24.1 Å². The van der Waals surface area contributed by atoms with Crippen LogP contribution in [-0.4, -0.2) is 4.57 Å². The molecular weight excluding hydrogens is 292 g/mol. The van der Waals surface area contributed by atoms with Crippen LogP contribution in [0.25, 0.3) is 17.1 Å². The molecule has 2 aromatic carbocycles. The molecule has 0 saturated heterocycles. The van der Waals surface area contributed by atoms with E-state index in [9.17, 15) is 0 Å². The average molecular weight is 317 g/mol. The van der Waals surface area contributed by atoms with Crippen molar-refractivity contribution in [2.24, 2.45) is 0 Å². The van der Waals surface area contributed by atoms with Crippen LogP contribution in [0, 0.1) is 20.8 Å². The summed E-state index contributed by atoms with van der Waals surface area (Å²) < 4.78 is 4.82. The fourth-order valence-electron chi connectivity index (χ4n) is 4.33. The van der Waals surface area contributed by atoms with Gasteiger partial charge in [-0.05, 0) is 50.5 Å². The van der Waals surface area contributed by atoms with Crippen molar-refractivity contribution >= 4 is 0 Å². The van der Waals surface area contributed by atoms with Gasteiger partial charge in [0.2, 0.25) is 0 Å². The number of fused-ring (bicyclic) bond motifs is 3. The monoisotopic (exact) mass is 317 g/mol. The van der Waals surface area contributed by atoms with Crippen LogP contribution in [0.2, 0.25) is 0 Å². The van der Waals surface area contributed by atoms with Gasteiger partial charge in [-0.3, -0.25) is 0 Å². The topological polar surface area (TPSA) is 8.81 Å². The molecule has 0 bridgehead atoms. The van der Waals surface area contributed by atoms with Crippen LogP contribution >= 0.6 is 0 Å². The third-order valence-corrected chi connectivity index (χ3v) is 5.58. The van der Waals surface area contributed by atoms with Gasteiger partial charge in [0.25, 0.3) is 5.82 Å². The number of aromatic nitrogens is 2. The van der Waals surface area contributed by atoms with Gasteiger partial charge in [-0.15, -0.1) is 0 Å². The number of benzene rings is 2. The van der Waals surface area contributed by atoms with E-state index < -0.39 is 0 Å². The first-order chi connectivity index (χ1) is 11.5. The maximum atomic E-state index is 2.44. The molecule has 0 N–H and O–H groups in total. The van der Waals surface area contributed by atoms with E-state index in [4.69, 9.17) is 0 Å². The number of imidazole rings is 1. The predicted molar refractivity (Wildman–Crippen MR) is 98.7 cm³/mol. The van der Waals surface area contributed by atoms with Crippen molar-refractivity contribution in [1.29, 1.82) is 0 Å². The van der Waals surface area contributed by atoms with E-state index in [1.54, 1.807) is 0 Å². The minimum absolute atomic E-state index is 0.460. The summed E-state index contributed by atoms with van der Waals surface area (Å²) in [7, 11) is 0. The Bertz CT molecular complexity index is 910. The van der Waals surface area contributed by atoms with Crippen molar-refractivity contribution in [3.05, 3.63) is 71.0 Å². The molecule has 2 nitrogen and oxygen atoms in total. The minimum Gasteiger partial charge on any atom is -0.227 e.